The summed E-state index contributed by atoms with van der Waals surface area (Å²) in [4.78, 5) is 0. The van der Waals surface area contributed by atoms with Crippen LogP contribution in [0, 0.1) is 18.6 Å². The van der Waals surface area contributed by atoms with E-state index in [0.29, 0.717) is 22.8 Å². The molecule has 4 rings (SSSR count). The summed E-state index contributed by atoms with van der Waals surface area (Å²) < 4.78 is 41.1. The molecule has 3 nitrogen and oxygen atoms in total. The first-order chi connectivity index (χ1) is 13.1. The lowest BCUT2D eigenvalue weighted by Crippen LogP contribution is -2.41. The molecule has 0 atom stereocenters. The van der Waals surface area contributed by atoms with Gasteiger partial charge in [-0.3, -0.25) is 0 Å². The summed E-state index contributed by atoms with van der Waals surface area (Å²) in [5, 5.41) is 3.05. The van der Waals surface area contributed by atoms with E-state index in [1.54, 1.807) is 12.1 Å². The fourth-order valence-corrected chi connectivity index (χ4v) is 3.49. The van der Waals surface area contributed by atoms with E-state index in [2.05, 4.69) is 5.32 Å². The van der Waals surface area contributed by atoms with Gasteiger partial charge in [0.2, 0.25) is 0 Å². The Hall–Kier alpha value is -1.92. The summed E-state index contributed by atoms with van der Waals surface area (Å²) >= 11 is 0. The molecule has 1 saturated carbocycles. The van der Waals surface area contributed by atoms with Crippen molar-refractivity contribution in [1.82, 2.24) is 0 Å². The Morgan fingerprint density at radius 3 is 2.18 bits per heavy atom. The molecule has 2 aromatic rings. The maximum Gasteiger partial charge on any atom is 0.495 e. The Morgan fingerprint density at radius 1 is 0.964 bits per heavy atom. The molecule has 1 N–H and O–H groups in total. The molecule has 2 aliphatic rings. The number of anilines is 2. The highest BCUT2D eigenvalue weighted by atomic mass is 19.1. The quantitative estimate of drug-likeness (QED) is 0.735. The van der Waals surface area contributed by atoms with E-state index in [-0.39, 0.29) is 5.82 Å². The predicted molar refractivity (Wildman–Crippen MR) is 109 cm³/mol. The van der Waals surface area contributed by atoms with Crippen molar-refractivity contribution < 1.29 is 18.1 Å². The van der Waals surface area contributed by atoms with E-state index >= 15 is 0 Å². The second-order valence-corrected chi connectivity index (χ2v) is 8.89. The molecule has 28 heavy (non-hydrogen) atoms. The molecule has 0 aromatic heterocycles. The molecule has 0 spiro atoms. The summed E-state index contributed by atoms with van der Waals surface area (Å²) in [6, 6.07) is 8.03. The lowest BCUT2D eigenvalue weighted by Gasteiger charge is -2.32. The van der Waals surface area contributed by atoms with Gasteiger partial charge in [-0.2, -0.15) is 0 Å². The van der Waals surface area contributed by atoms with Gasteiger partial charge in [-0.25, -0.2) is 8.78 Å². The minimum atomic E-state index is -0.677. The topological polar surface area (TPSA) is 30.5 Å². The Kier molecular flexibility index (Phi) is 4.55. The molecule has 148 valence electrons. The zero-order chi connectivity index (χ0) is 20.3. The number of nitrogens with one attached hydrogen (secondary N) is 1. The first kappa shape index (κ1) is 19.4. The van der Waals surface area contributed by atoms with E-state index in [9.17, 15) is 8.78 Å². The zero-order valence-electron chi connectivity index (χ0n) is 17.0. The number of benzene rings is 2. The average Bonchev–Trinajstić information content (AvgIpc) is 3.40. The number of halogens is 2. The van der Waals surface area contributed by atoms with Gasteiger partial charge in [-0.05, 0) is 94.2 Å². The maximum absolute atomic E-state index is 14.6. The van der Waals surface area contributed by atoms with Crippen LogP contribution < -0.4 is 10.8 Å². The van der Waals surface area contributed by atoms with Crippen molar-refractivity contribution in [1.29, 1.82) is 0 Å². The van der Waals surface area contributed by atoms with Crippen molar-refractivity contribution in [2.45, 2.75) is 64.6 Å². The van der Waals surface area contributed by atoms with Gasteiger partial charge >= 0.3 is 7.12 Å². The molecule has 2 aromatic carbocycles. The van der Waals surface area contributed by atoms with Crippen molar-refractivity contribution in [2.75, 3.05) is 5.32 Å². The Morgan fingerprint density at radius 2 is 1.61 bits per heavy atom. The normalized spacial score (nSPS) is 20.5. The van der Waals surface area contributed by atoms with Crippen LogP contribution in [0.15, 0.2) is 30.3 Å². The van der Waals surface area contributed by atoms with E-state index < -0.39 is 24.1 Å². The monoisotopic (exact) mass is 385 g/mol. The van der Waals surface area contributed by atoms with E-state index in [1.807, 2.05) is 40.7 Å². The first-order valence-electron chi connectivity index (χ1n) is 9.79. The molecule has 1 heterocycles. The average molecular weight is 385 g/mol. The molecule has 1 saturated heterocycles. The summed E-state index contributed by atoms with van der Waals surface area (Å²) in [6.45, 7) is 9.68. The summed E-state index contributed by atoms with van der Waals surface area (Å²) in [6.07, 6.45) is 2.24. The van der Waals surface area contributed by atoms with Crippen LogP contribution in [0.4, 0.5) is 20.2 Å². The number of hydrogen-bond donors (Lipinski definition) is 1. The van der Waals surface area contributed by atoms with Crippen LogP contribution in [0.5, 0.6) is 0 Å². The number of rotatable bonds is 4. The predicted octanol–water partition coefficient (Wildman–Crippen LogP) is 5.19. The van der Waals surface area contributed by atoms with Crippen molar-refractivity contribution in [3.8, 4) is 0 Å². The highest BCUT2D eigenvalue weighted by molar-refractivity contribution is 6.62. The lowest BCUT2D eigenvalue weighted by atomic mass is 9.75. The Bertz CT molecular complexity index is 909. The van der Waals surface area contributed by atoms with Gasteiger partial charge in [0.1, 0.15) is 11.6 Å². The smallest absolute Gasteiger partial charge is 0.399 e. The second-order valence-electron chi connectivity index (χ2n) is 8.89. The number of hydrogen-bond acceptors (Lipinski definition) is 3. The van der Waals surface area contributed by atoms with Gasteiger partial charge < -0.3 is 14.6 Å². The molecule has 0 unspecified atom stereocenters. The molecule has 1 aliphatic heterocycles. The fraction of sp³-hybridized carbons (Fsp3) is 0.455. The minimum Gasteiger partial charge on any atom is -0.399 e. The van der Waals surface area contributed by atoms with Crippen LogP contribution in [-0.4, -0.2) is 18.3 Å². The van der Waals surface area contributed by atoms with Crippen molar-refractivity contribution in [3.63, 3.8) is 0 Å². The molecule has 0 radical (unpaired) electrons. The van der Waals surface area contributed by atoms with Gasteiger partial charge in [-0.15, -0.1) is 0 Å². The maximum atomic E-state index is 14.6. The van der Waals surface area contributed by atoms with Crippen LogP contribution in [0.1, 0.15) is 57.6 Å². The van der Waals surface area contributed by atoms with Gasteiger partial charge in [0.15, 0.2) is 0 Å². The highest BCUT2D eigenvalue weighted by Crippen LogP contribution is 2.41. The molecule has 0 amide bonds. The van der Waals surface area contributed by atoms with Crippen molar-refractivity contribution in [3.05, 3.63) is 53.1 Å². The molecule has 2 fully saturated rings. The third kappa shape index (κ3) is 3.44. The Balaban J connectivity index is 1.64. The summed E-state index contributed by atoms with van der Waals surface area (Å²) in [5.74, 6) is -0.271. The molecular weight excluding hydrogens is 359 g/mol. The van der Waals surface area contributed by atoms with Crippen LogP contribution >= 0.6 is 0 Å². The van der Waals surface area contributed by atoms with E-state index in [1.165, 1.54) is 12.1 Å². The van der Waals surface area contributed by atoms with Crippen LogP contribution in [0.3, 0.4) is 0 Å². The molecule has 1 aliphatic carbocycles. The summed E-state index contributed by atoms with van der Waals surface area (Å²) in [7, 11) is -0.677. The standard InChI is InChI=1S/C22H26BF2NO2/c1-13-17(23-27-21(2,3)22(4,5)28-23)11-16(24)12-20(13)26-19-9-8-15(10-18(19)25)14-6-7-14/h8-12,14,26H,6-7H2,1-5H3. The molecule has 6 heteroatoms. The largest absolute Gasteiger partial charge is 0.495 e. The van der Waals surface area contributed by atoms with Crippen molar-refractivity contribution >= 4 is 24.0 Å². The third-order valence-electron chi connectivity index (χ3n) is 6.23. The third-order valence-corrected chi connectivity index (χ3v) is 6.23. The van der Waals surface area contributed by atoms with Crippen LogP contribution in [0.25, 0.3) is 0 Å². The SMILES string of the molecule is Cc1c(Nc2ccc(C3CC3)cc2F)cc(F)cc1B1OC(C)(C)C(C)(C)O1. The van der Waals surface area contributed by atoms with Crippen molar-refractivity contribution in [2.24, 2.45) is 0 Å². The van der Waals surface area contributed by atoms with Gasteiger partial charge in [-0.1, -0.05) is 6.07 Å². The van der Waals surface area contributed by atoms with Gasteiger partial charge in [0.05, 0.1) is 16.9 Å². The molecule has 0 bridgehead atoms. The second kappa shape index (κ2) is 6.56. The van der Waals surface area contributed by atoms with E-state index in [4.69, 9.17) is 9.31 Å². The van der Waals surface area contributed by atoms with Crippen LogP contribution in [0.2, 0.25) is 0 Å². The lowest BCUT2D eigenvalue weighted by molar-refractivity contribution is 0.00578. The first-order valence-corrected chi connectivity index (χ1v) is 9.79. The highest BCUT2D eigenvalue weighted by Gasteiger charge is 2.52. The fourth-order valence-electron chi connectivity index (χ4n) is 3.49. The zero-order valence-corrected chi connectivity index (χ0v) is 17.0. The van der Waals surface area contributed by atoms with Gasteiger partial charge in [0.25, 0.3) is 0 Å². The summed E-state index contributed by atoms with van der Waals surface area (Å²) in [5.41, 5.74) is 2.20. The Labute approximate surface area is 165 Å². The van der Waals surface area contributed by atoms with E-state index in [0.717, 1.165) is 24.0 Å². The van der Waals surface area contributed by atoms with Crippen LogP contribution in [-0.2, 0) is 9.31 Å². The minimum absolute atomic E-state index is 0.328. The van der Waals surface area contributed by atoms with Gasteiger partial charge in [0, 0.05) is 5.69 Å². The molecular formula is C22H26BF2NO2.